The largest absolute Gasteiger partial charge is 0.490 e. The molecule has 0 aliphatic carbocycles. The molecule has 0 aliphatic rings. The molecular weight excluding hydrogens is 355 g/mol. The fourth-order valence-electron chi connectivity index (χ4n) is 3.44. The maximum Gasteiger partial charge on any atom is 0.346 e. The molecule has 0 atom stereocenters. The Morgan fingerprint density at radius 2 is 1.54 bits per heavy atom. The van der Waals surface area contributed by atoms with Crippen LogP contribution in [0.25, 0.3) is 10.8 Å². The van der Waals surface area contributed by atoms with Crippen LogP contribution >= 0.6 is 0 Å². The topological polar surface area (TPSA) is 39.4 Å². The third-order valence-corrected chi connectivity index (χ3v) is 5.17. The molecule has 1 aromatic heterocycles. The van der Waals surface area contributed by atoms with Gasteiger partial charge in [-0.25, -0.2) is 9.18 Å². The van der Waals surface area contributed by atoms with Crippen LogP contribution in [0.1, 0.15) is 90.2 Å². The number of ether oxygens (including phenoxy) is 1. The molecule has 0 amide bonds. The highest BCUT2D eigenvalue weighted by Crippen LogP contribution is 2.25. The van der Waals surface area contributed by atoms with Crippen molar-refractivity contribution in [3.8, 4) is 5.75 Å². The Labute approximate surface area is 168 Å². The molecule has 0 spiro atoms. The summed E-state index contributed by atoms with van der Waals surface area (Å²) in [6.07, 6.45) is 13.8. The highest BCUT2D eigenvalue weighted by molar-refractivity contribution is 5.83. The van der Waals surface area contributed by atoms with Gasteiger partial charge in [-0.15, -0.1) is 0 Å². The average molecular weight is 391 g/mol. The second-order valence-electron chi connectivity index (χ2n) is 7.62. The number of aryl methyl sites for hydroxylation is 1. The zero-order valence-electron chi connectivity index (χ0n) is 17.5. The standard InChI is InChI=1S/C24H35FO3/c1-3-5-7-8-9-10-11-12-13-14-20-18-19-15-16-21(27-17-6-4-2)23(25)22(19)24(26)28-20/h15-16,18H,3-14,17H2,1-2H3. The van der Waals surface area contributed by atoms with Crippen LogP contribution in [0.3, 0.4) is 0 Å². The van der Waals surface area contributed by atoms with Gasteiger partial charge in [-0.1, -0.05) is 77.7 Å². The Kier molecular flexibility index (Phi) is 10.1. The van der Waals surface area contributed by atoms with Crippen molar-refractivity contribution in [3.63, 3.8) is 0 Å². The van der Waals surface area contributed by atoms with E-state index in [0.717, 1.165) is 32.1 Å². The molecule has 3 nitrogen and oxygen atoms in total. The Morgan fingerprint density at radius 1 is 0.893 bits per heavy atom. The Morgan fingerprint density at radius 3 is 2.21 bits per heavy atom. The number of benzene rings is 1. The highest BCUT2D eigenvalue weighted by atomic mass is 19.1. The van der Waals surface area contributed by atoms with E-state index < -0.39 is 11.4 Å². The minimum absolute atomic E-state index is 0.00942. The summed E-state index contributed by atoms with van der Waals surface area (Å²) in [6, 6.07) is 5.14. The molecule has 0 aliphatic heterocycles. The van der Waals surface area contributed by atoms with E-state index in [2.05, 4.69) is 6.92 Å². The van der Waals surface area contributed by atoms with Crippen molar-refractivity contribution >= 4 is 10.8 Å². The van der Waals surface area contributed by atoms with Crippen molar-refractivity contribution in [2.75, 3.05) is 6.61 Å². The van der Waals surface area contributed by atoms with E-state index in [9.17, 15) is 9.18 Å². The zero-order valence-corrected chi connectivity index (χ0v) is 17.5. The lowest BCUT2D eigenvalue weighted by Crippen LogP contribution is -2.07. The number of hydrogen-bond acceptors (Lipinski definition) is 3. The first-order valence-corrected chi connectivity index (χ1v) is 11.0. The minimum atomic E-state index is -0.614. The third-order valence-electron chi connectivity index (χ3n) is 5.17. The number of unbranched alkanes of at least 4 members (excludes halogenated alkanes) is 9. The molecule has 4 heteroatoms. The lowest BCUT2D eigenvalue weighted by molar-refractivity contribution is 0.295. The first kappa shape index (κ1) is 22.4. The predicted molar refractivity (Wildman–Crippen MR) is 114 cm³/mol. The summed E-state index contributed by atoms with van der Waals surface area (Å²) in [7, 11) is 0. The molecule has 1 aromatic carbocycles. The summed E-state index contributed by atoms with van der Waals surface area (Å²) >= 11 is 0. The Hall–Kier alpha value is -1.84. The van der Waals surface area contributed by atoms with Gasteiger partial charge in [0.1, 0.15) is 11.1 Å². The van der Waals surface area contributed by atoms with Gasteiger partial charge in [-0.3, -0.25) is 0 Å². The molecule has 0 bridgehead atoms. The maximum absolute atomic E-state index is 14.6. The highest BCUT2D eigenvalue weighted by Gasteiger charge is 2.14. The van der Waals surface area contributed by atoms with E-state index in [1.54, 1.807) is 18.2 Å². The number of fused-ring (bicyclic) bond motifs is 1. The lowest BCUT2D eigenvalue weighted by atomic mass is 10.1. The second-order valence-corrected chi connectivity index (χ2v) is 7.62. The van der Waals surface area contributed by atoms with Crippen molar-refractivity contribution in [1.82, 2.24) is 0 Å². The molecule has 0 radical (unpaired) electrons. The Bertz CT molecular complexity index is 766. The van der Waals surface area contributed by atoms with Crippen LogP contribution < -0.4 is 10.4 Å². The molecule has 2 rings (SSSR count). The van der Waals surface area contributed by atoms with Crippen LogP contribution in [-0.2, 0) is 6.42 Å². The molecule has 1 heterocycles. The first-order valence-electron chi connectivity index (χ1n) is 11.0. The fraction of sp³-hybridized carbons (Fsp3) is 0.625. The quantitative estimate of drug-likeness (QED) is 0.321. The van der Waals surface area contributed by atoms with E-state index in [1.807, 2.05) is 6.92 Å². The molecule has 0 saturated heterocycles. The molecule has 28 heavy (non-hydrogen) atoms. The van der Waals surface area contributed by atoms with E-state index in [1.165, 1.54) is 44.9 Å². The van der Waals surface area contributed by atoms with Gasteiger partial charge >= 0.3 is 5.63 Å². The van der Waals surface area contributed by atoms with Crippen LogP contribution in [0.15, 0.2) is 27.4 Å². The zero-order chi connectivity index (χ0) is 20.2. The predicted octanol–water partition coefficient (Wildman–Crippen LogP) is 7.18. The van der Waals surface area contributed by atoms with Crippen molar-refractivity contribution in [1.29, 1.82) is 0 Å². The third kappa shape index (κ3) is 6.96. The summed E-state index contributed by atoms with van der Waals surface area (Å²) in [5, 5.41) is 0.576. The van der Waals surface area contributed by atoms with Crippen LogP contribution in [0.2, 0.25) is 0 Å². The second kappa shape index (κ2) is 12.6. The van der Waals surface area contributed by atoms with Crippen LogP contribution in [0.5, 0.6) is 5.75 Å². The summed E-state index contributed by atoms with van der Waals surface area (Å²) in [5.41, 5.74) is -0.609. The van der Waals surface area contributed by atoms with Gasteiger partial charge in [0.25, 0.3) is 0 Å². The smallest absolute Gasteiger partial charge is 0.346 e. The SMILES string of the molecule is CCCCCCCCCCCc1cc2ccc(OCCCC)c(F)c2c(=O)o1. The van der Waals surface area contributed by atoms with Crippen molar-refractivity contribution in [2.45, 2.75) is 90.9 Å². The maximum atomic E-state index is 14.6. The van der Waals surface area contributed by atoms with E-state index in [-0.39, 0.29) is 11.1 Å². The van der Waals surface area contributed by atoms with Gasteiger partial charge in [0.15, 0.2) is 11.6 Å². The van der Waals surface area contributed by atoms with Crippen LogP contribution in [0, 0.1) is 5.82 Å². The Balaban J connectivity index is 1.86. The fourth-order valence-corrected chi connectivity index (χ4v) is 3.44. The normalized spacial score (nSPS) is 11.2. The minimum Gasteiger partial charge on any atom is -0.490 e. The van der Waals surface area contributed by atoms with Crippen LogP contribution in [0.4, 0.5) is 4.39 Å². The van der Waals surface area contributed by atoms with Gasteiger partial charge in [-0.2, -0.15) is 0 Å². The molecule has 0 fully saturated rings. The first-order chi connectivity index (χ1) is 13.7. The summed E-state index contributed by atoms with van der Waals surface area (Å²) in [4.78, 5) is 12.3. The van der Waals surface area contributed by atoms with Crippen molar-refractivity contribution in [3.05, 3.63) is 40.2 Å². The van der Waals surface area contributed by atoms with Crippen molar-refractivity contribution < 1.29 is 13.5 Å². The van der Waals surface area contributed by atoms with Gasteiger partial charge in [0.05, 0.1) is 6.61 Å². The van der Waals surface area contributed by atoms with Gasteiger partial charge < -0.3 is 9.15 Å². The van der Waals surface area contributed by atoms with E-state index >= 15 is 0 Å². The average Bonchev–Trinajstić information content (AvgIpc) is 2.68. The lowest BCUT2D eigenvalue weighted by Gasteiger charge is -2.09. The number of hydrogen-bond donors (Lipinski definition) is 0. The molecule has 156 valence electrons. The number of rotatable bonds is 14. The molecule has 0 N–H and O–H groups in total. The summed E-state index contributed by atoms with van der Waals surface area (Å²) in [5.74, 6) is 0.149. The summed E-state index contributed by atoms with van der Waals surface area (Å²) in [6.45, 7) is 4.73. The van der Waals surface area contributed by atoms with Gasteiger partial charge in [-0.05, 0) is 30.4 Å². The van der Waals surface area contributed by atoms with Gasteiger partial charge in [0, 0.05) is 6.42 Å². The monoisotopic (exact) mass is 390 g/mol. The van der Waals surface area contributed by atoms with Crippen LogP contribution in [-0.4, -0.2) is 6.61 Å². The summed E-state index contributed by atoms with van der Waals surface area (Å²) < 4.78 is 25.4. The van der Waals surface area contributed by atoms with Crippen molar-refractivity contribution in [2.24, 2.45) is 0 Å². The molecule has 0 saturated carbocycles. The van der Waals surface area contributed by atoms with E-state index in [0.29, 0.717) is 17.8 Å². The van der Waals surface area contributed by atoms with E-state index in [4.69, 9.17) is 9.15 Å². The molecular formula is C24H35FO3. The molecule has 2 aromatic rings. The number of halogens is 1. The molecule has 0 unspecified atom stereocenters. The van der Waals surface area contributed by atoms with Gasteiger partial charge in [0.2, 0.25) is 0 Å².